The van der Waals surface area contributed by atoms with Gasteiger partial charge in [0, 0.05) is 31.2 Å². The highest BCUT2D eigenvalue weighted by atomic mass is 32.2. The molecule has 10 heteroatoms. The van der Waals surface area contributed by atoms with E-state index in [0.29, 0.717) is 30.8 Å². The van der Waals surface area contributed by atoms with Crippen LogP contribution in [0.1, 0.15) is 41.4 Å². The van der Waals surface area contributed by atoms with Crippen molar-refractivity contribution in [1.82, 2.24) is 14.5 Å². The Kier molecular flexibility index (Phi) is 9.19. The lowest BCUT2D eigenvalue weighted by atomic mass is 10.0. The van der Waals surface area contributed by atoms with Crippen molar-refractivity contribution in [2.24, 2.45) is 0 Å². The number of hydrogen-bond acceptors (Lipinski definition) is 5. The molecule has 6 nitrogen and oxygen atoms in total. The van der Waals surface area contributed by atoms with Crippen molar-refractivity contribution in [3.8, 4) is 0 Å². The summed E-state index contributed by atoms with van der Waals surface area (Å²) in [6, 6.07) is 10.5. The molecule has 0 spiro atoms. The fourth-order valence-electron chi connectivity index (χ4n) is 3.44. The first kappa shape index (κ1) is 27.0. The topological polar surface area (TPSA) is 69.7 Å². The highest BCUT2D eigenvalue weighted by Crippen LogP contribution is 2.30. The molecule has 0 aliphatic rings. The van der Waals surface area contributed by atoms with Gasteiger partial charge in [-0.3, -0.25) is 4.79 Å². The zero-order valence-corrected chi connectivity index (χ0v) is 20.0. The quantitative estimate of drug-likeness (QED) is 0.490. The van der Waals surface area contributed by atoms with Gasteiger partial charge in [0.05, 0.1) is 17.0 Å². The van der Waals surface area contributed by atoms with Gasteiger partial charge in [-0.2, -0.15) is 17.5 Å². The normalized spacial score (nSPS) is 13.5. The number of halogens is 3. The predicted molar refractivity (Wildman–Crippen MR) is 122 cm³/mol. The number of nitrogens with one attached hydrogen (secondary N) is 1. The zero-order valence-electron chi connectivity index (χ0n) is 19.2. The molecule has 0 radical (unpaired) electrons. The predicted octanol–water partition coefficient (Wildman–Crippen LogP) is 3.81. The summed E-state index contributed by atoms with van der Waals surface area (Å²) in [4.78, 5) is 14.5. The number of sulfonamides is 1. The second-order valence-corrected chi connectivity index (χ2v) is 9.70. The van der Waals surface area contributed by atoms with E-state index >= 15 is 0 Å². The van der Waals surface area contributed by atoms with Gasteiger partial charge < -0.3 is 10.2 Å². The van der Waals surface area contributed by atoms with E-state index in [1.165, 1.54) is 40.7 Å². The summed E-state index contributed by atoms with van der Waals surface area (Å²) in [5, 5.41) is 3.05. The first-order valence-electron chi connectivity index (χ1n) is 10.6. The second-order valence-electron chi connectivity index (χ2n) is 7.77. The molecule has 0 amide bonds. The summed E-state index contributed by atoms with van der Waals surface area (Å²) in [5.41, 5.74) is 0.356. The molecule has 0 aromatic heterocycles. The number of nitrogens with zero attached hydrogens (tertiary/aromatic N) is 2. The Labute approximate surface area is 193 Å². The van der Waals surface area contributed by atoms with Gasteiger partial charge >= 0.3 is 6.18 Å². The Morgan fingerprint density at radius 3 is 1.97 bits per heavy atom. The Balaban J connectivity index is 2.02. The third-order valence-corrected chi connectivity index (χ3v) is 7.45. The first-order valence-corrected chi connectivity index (χ1v) is 12.0. The Morgan fingerprint density at radius 1 is 0.970 bits per heavy atom. The van der Waals surface area contributed by atoms with Crippen LogP contribution in [0.3, 0.4) is 0 Å². The van der Waals surface area contributed by atoms with Crippen LogP contribution in [0.4, 0.5) is 13.2 Å². The van der Waals surface area contributed by atoms with Crippen molar-refractivity contribution < 1.29 is 26.4 Å². The number of hydrogen-bond donors (Lipinski definition) is 1. The molecule has 2 aromatic rings. The van der Waals surface area contributed by atoms with E-state index in [4.69, 9.17) is 0 Å². The molecule has 0 aliphatic carbocycles. The maximum atomic E-state index is 12.8. The summed E-state index contributed by atoms with van der Waals surface area (Å²) in [6.07, 6.45) is -4.39. The highest BCUT2D eigenvalue weighted by molar-refractivity contribution is 7.89. The molecule has 1 unspecified atom stereocenters. The number of Topliss-reactive ketones (excluding diaryl/α,β-unsaturated/α-hetero) is 1. The summed E-state index contributed by atoms with van der Waals surface area (Å²) in [6.45, 7) is 4.59. The van der Waals surface area contributed by atoms with Crippen molar-refractivity contribution in [2.75, 3.05) is 40.3 Å². The van der Waals surface area contributed by atoms with Crippen molar-refractivity contribution in [2.45, 2.75) is 31.0 Å². The van der Waals surface area contributed by atoms with Gasteiger partial charge in [0.1, 0.15) is 0 Å². The smallest absolute Gasteiger partial charge is 0.308 e. The average molecular weight is 486 g/mol. The standard InChI is InChI=1S/C23H30F3N3O3S/c1-5-29(6-2)33(31,32)20-13-9-18(10-14-20)22(30)16-27-15-21(28(3)4)17-7-11-19(12-8-17)23(24,25)26/h7-14,21,27H,5-6,15-16H2,1-4H3. The second kappa shape index (κ2) is 11.2. The van der Waals surface area contributed by atoms with Gasteiger partial charge in [0.2, 0.25) is 10.0 Å². The Hall–Kier alpha value is -2.27. The van der Waals surface area contributed by atoms with E-state index in [-0.39, 0.29) is 23.3 Å². The van der Waals surface area contributed by atoms with Crippen LogP contribution in [-0.4, -0.2) is 63.7 Å². The van der Waals surface area contributed by atoms with Crippen molar-refractivity contribution in [3.05, 3.63) is 65.2 Å². The zero-order chi connectivity index (χ0) is 24.8. The van der Waals surface area contributed by atoms with Gasteiger partial charge in [-0.25, -0.2) is 8.42 Å². The van der Waals surface area contributed by atoms with Crippen molar-refractivity contribution >= 4 is 15.8 Å². The van der Waals surface area contributed by atoms with E-state index in [1.807, 2.05) is 4.90 Å². The molecule has 1 atom stereocenters. The minimum absolute atomic E-state index is 0.00706. The van der Waals surface area contributed by atoms with Gasteiger partial charge in [-0.05, 0) is 43.9 Å². The minimum atomic E-state index is -4.39. The van der Waals surface area contributed by atoms with E-state index in [9.17, 15) is 26.4 Å². The fraction of sp³-hybridized carbons (Fsp3) is 0.435. The lowest BCUT2D eigenvalue weighted by molar-refractivity contribution is -0.137. The summed E-state index contributed by atoms with van der Waals surface area (Å²) >= 11 is 0. The Morgan fingerprint density at radius 2 is 1.52 bits per heavy atom. The largest absolute Gasteiger partial charge is 0.416 e. The van der Waals surface area contributed by atoms with Crippen LogP contribution in [0.25, 0.3) is 0 Å². The van der Waals surface area contributed by atoms with Crippen LogP contribution >= 0.6 is 0 Å². The van der Waals surface area contributed by atoms with Crippen molar-refractivity contribution in [3.63, 3.8) is 0 Å². The maximum Gasteiger partial charge on any atom is 0.416 e. The van der Waals surface area contributed by atoms with Gasteiger partial charge in [-0.15, -0.1) is 0 Å². The van der Waals surface area contributed by atoms with E-state index in [1.54, 1.807) is 27.9 Å². The number of benzene rings is 2. The van der Waals surface area contributed by atoms with Crippen LogP contribution in [0.5, 0.6) is 0 Å². The molecule has 0 saturated carbocycles. The summed E-state index contributed by atoms with van der Waals surface area (Å²) < 4.78 is 64.9. The number of likely N-dealkylation sites (N-methyl/N-ethyl adjacent to an activating group) is 1. The van der Waals surface area contributed by atoms with Crippen LogP contribution in [0, 0.1) is 0 Å². The van der Waals surface area contributed by atoms with E-state index < -0.39 is 21.8 Å². The van der Waals surface area contributed by atoms with Crippen LogP contribution in [0.15, 0.2) is 53.4 Å². The van der Waals surface area contributed by atoms with Gasteiger partial charge in [-0.1, -0.05) is 38.1 Å². The third-order valence-electron chi connectivity index (χ3n) is 5.39. The molecule has 0 heterocycles. The SMILES string of the molecule is CCN(CC)S(=O)(=O)c1ccc(C(=O)CNCC(c2ccc(C(F)(F)F)cc2)N(C)C)cc1. The highest BCUT2D eigenvalue weighted by Gasteiger charge is 2.30. The number of carbonyl (C=O) groups excluding carboxylic acids is 1. The lowest BCUT2D eigenvalue weighted by Crippen LogP contribution is -2.34. The third kappa shape index (κ3) is 6.86. The minimum Gasteiger partial charge on any atom is -0.308 e. The number of rotatable bonds is 11. The van der Waals surface area contributed by atoms with Crippen LogP contribution in [0.2, 0.25) is 0 Å². The fourth-order valence-corrected chi connectivity index (χ4v) is 4.90. The maximum absolute atomic E-state index is 12.8. The molecule has 0 bridgehead atoms. The molecular weight excluding hydrogens is 455 g/mol. The molecule has 33 heavy (non-hydrogen) atoms. The molecule has 182 valence electrons. The molecule has 2 aromatic carbocycles. The molecule has 0 aliphatic heterocycles. The lowest BCUT2D eigenvalue weighted by Gasteiger charge is -2.25. The van der Waals surface area contributed by atoms with E-state index in [2.05, 4.69) is 5.32 Å². The number of ketones is 1. The van der Waals surface area contributed by atoms with Gasteiger partial charge in [0.25, 0.3) is 0 Å². The van der Waals surface area contributed by atoms with Crippen molar-refractivity contribution in [1.29, 1.82) is 0 Å². The molecule has 0 fully saturated rings. The Bertz CT molecular complexity index is 1020. The molecule has 0 saturated heterocycles. The number of carbonyl (C=O) groups is 1. The first-order chi connectivity index (χ1) is 15.4. The molecular formula is C23H30F3N3O3S. The summed E-state index contributed by atoms with van der Waals surface area (Å²) in [5.74, 6) is -0.216. The van der Waals surface area contributed by atoms with Crippen LogP contribution < -0.4 is 5.32 Å². The van der Waals surface area contributed by atoms with Crippen LogP contribution in [-0.2, 0) is 16.2 Å². The molecule has 2 rings (SSSR count). The van der Waals surface area contributed by atoms with Gasteiger partial charge in [0.15, 0.2) is 5.78 Å². The summed E-state index contributed by atoms with van der Waals surface area (Å²) in [7, 11) is 0.0190. The monoisotopic (exact) mass is 485 g/mol. The average Bonchev–Trinajstić information content (AvgIpc) is 2.76. The van der Waals surface area contributed by atoms with E-state index in [0.717, 1.165) is 12.1 Å². The number of alkyl halides is 3. The molecule has 1 N–H and O–H groups in total.